The zero-order chi connectivity index (χ0) is 24.3. The summed E-state index contributed by atoms with van der Waals surface area (Å²) < 4.78 is 33.4. The number of hydrogen-bond donors (Lipinski definition) is 4. The molecule has 0 saturated heterocycles. The molecule has 1 aromatic carbocycles. The van der Waals surface area contributed by atoms with Crippen molar-refractivity contribution >= 4 is 29.3 Å². The van der Waals surface area contributed by atoms with Crippen molar-refractivity contribution in [3.63, 3.8) is 0 Å². The van der Waals surface area contributed by atoms with Crippen molar-refractivity contribution in [2.75, 3.05) is 10.6 Å². The minimum absolute atomic E-state index is 0.0281. The van der Waals surface area contributed by atoms with E-state index < -0.39 is 35.3 Å². The first-order chi connectivity index (χ1) is 15.4. The Morgan fingerprint density at radius 2 is 1.79 bits per heavy atom. The van der Waals surface area contributed by atoms with Gasteiger partial charge in [0, 0.05) is 11.7 Å². The highest BCUT2D eigenvalue weighted by Crippen LogP contribution is 2.36. The number of rotatable bonds is 8. The number of alkyl carbamates (subject to hydrolysis) is 1. The largest absolute Gasteiger partial charge is 0.444 e. The van der Waals surface area contributed by atoms with Gasteiger partial charge >= 0.3 is 6.09 Å². The second-order valence-corrected chi connectivity index (χ2v) is 9.15. The summed E-state index contributed by atoms with van der Waals surface area (Å²) in [6.07, 6.45) is 1.26. The lowest BCUT2D eigenvalue weighted by Gasteiger charge is -2.28. The molecule has 1 aromatic heterocycles. The van der Waals surface area contributed by atoms with E-state index in [0.29, 0.717) is 5.69 Å². The van der Waals surface area contributed by atoms with Crippen molar-refractivity contribution in [2.45, 2.75) is 58.2 Å². The fourth-order valence-corrected chi connectivity index (χ4v) is 3.39. The number of ether oxygens (including phenoxy) is 1. The van der Waals surface area contributed by atoms with Crippen LogP contribution < -0.4 is 21.7 Å². The van der Waals surface area contributed by atoms with Crippen LogP contribution in [0.15, 0.2) is 30.3 Å². The minimum atomic E-state index is -0.865. The van der Waals surface area contributed by atoms with Gasteiger partial charge in [-0.1, -0.05) is 0 Å². The molecular weight excluding hydrogens is 432 g/mol. The standard InChI is InChI=1S/C23H29F2N5O3/c1-12(27-22(32)33-23(2,3)4)18(13-5-6-13)29-21-17(25)11-16(19(26)31)20(30-21)28-15-9-7-14(24)8-10-15/h7-13,18H,5-6H2,1-4H3,(H2,26,31)(H,27,32)(H2,28,29,30)/t12-,18-/m0/s1. The second-order valence-electron chi connectivity index (χ2n) is 9.15. The number of anilines is 3. The van der Waals surface area contributed by atoms with Crippen LogP contribution in [0.3, 0.4) is 0 Å². The molecule has 178 valence electrons. The van der Waals surface area contributed by atoms with Gasteiger partial charge in [0.25, 0.3) is 5.91 Å². The van der Waals surface area contributed by atoms with Gasteiger partial charge in [0.1, 0.15) is 17.2 Å². The first kappa shape index (κ1) is 24.2. The molecule has 1 aliphatic carbocycles. The van der Waals surface area contributed by atoms with Gasteiger partial charge in [0.2, 0.25) is 0 Å². The molecule has 8 nitrogen and oxygen atoms in total. The van der Waals surface area contributed by atoms with Crippen molar-refractivity contribution in [3.05, 3.63) is 47.5 Å². The summed E-state index contributed by atoms with van der Waals surface area (Å²) in [6, 6.07) is 5.68. The Kier molecular flexibility index (Phi) is 7.04. The average Bonchev–Trinajstić information content (AvgIpc) is 3.52. The lowest BCUT2D eigenvalue weighted by Crippen LogP contribution is -2.47. The summed E-state index contributed by atoms with van der Waals surface area (Å²) in [6.45, 7) is 7.10. The van der Waals surface area contributed by atoms with Crippen molar-refractivity contribution in [3.8, 4) is 0 Å². The van der Waals surface area contributed by atoms with Gasteiger partial charge in [-0.15, -0.1) is 0 Å². The molecule has 1 saturated carbocycles. The Morgan fingerprint density at radius 3 is 2.33 bits per heavy atom. The molecule has 0 spiro atoms. The van der Waals surface area contributed by atoms with Gasteiger partial charge in [0.15, 0.2) is 11.6 Å². The monoisotopic (exact) mass is 461 g/mol. The van der Waals surface area contributed by atoms with Crippen LogP contribution in [0, 0.1) is 17.6 Å². The molecular formula is C23H29F2N5O3. The van der Waals surface area contributed by atoms with Crippen LogP contribution in [-0.2, 0) is 4.74 Å². The summed E-state index contributed by atoms with van der Waals surface area (Å²) in [5.41, 5.74) is 5.05. The van der Waals surface area contributed by atoms with Crippen LogP contribution in [0.5, 0.6) is 0 Å². The topological polar surface area (TPSA) is 118 Å². The van der Waals surface area contributed by atoms with E-state index in [2.05, 4.69) is 20.9 Å². The molecule has 3 rings (SSSR count). The lowest BCUT2D eigenvalue weighted by atomic mass is 10.0. The van der Waals surface area contributed by atoms with Gasteiger partial charge in [-0.25, -0.2) is 18.6 Å². The Balaban J connectivity index is 1.83. The Bertz CT molecular complexity index is 1020. The summed E-state index contributed by atoms with van der Waals surface area (Å²) in [5.74, 6) is -1.91. The molecule has 1 aliphatic rings. The molecule has 33 heavy (non-hydrogen) atoms. The molecule has 1 heterocycles. The van der Waals surface area contributed by atoms with E-state index in [1.165, 1.54) is 24.3 Å². The molecule has 10 heteroatoms. The van der Waals surface area contributed by atoms with Crippen molar-refractivity contribution in [2.24, 2.45) is 11.7 Å². The van der Waals surface area contributed by atoms with Gasteiger partial charge in [0.05, 0.1) is 11.6 Å². The lowest BCUT2D eigenvalue weighted by molar-refractivity contribution is 0.0501. The SMILES string of the molecule is C[C@H](NC(=O)OC(C)(C)C)[C@H](Nc1nc(Nc2ccc(F)cc2)c(C(N)=O)cc1F)C1CC1. The normalized spacial score (nSPS) is 15.3. The van der Waals surface area contributed by atoms with Crippen molar-refractivity contribution in [1.29, 1.82) is 0 Å². The van der Waals surface area contributed by atoms with E-state index in [0.717, 1.165) is 18.9 Å². The maximum atomic E-state index is 14.9. The molecule has 5 N–H and O–H groups in total. The predicted molar refractivity (Wildman–Crippen MR) is 121 cm³/mol. The van der Waals surface area contributed by atoms with Gasteiger partial charge in [-0.2, -0.15) is 0 Å². The van der Waals surface area contributed by atoms with Gasteiger partial charge in [-0.05, 0) is 76.8 Å². The quantitative estimate of drug-likeness (QED) is 0.465. The number of nitrogens with zero attached hydrogens (tertiary/aromatic N) is 1. The number of carbonyl (C=O) groups excluding carboxylic acids is 2. The number of carbonyl (C=O) groups is 2. The van der Waals surface area contributed by atoms with E-state index in [1.807, 2.05) is 0 Å². The number of amides is 2. The van der Waals surface area contributed by atoms with E-state index in [-0.39, 0.29) is 29.2 Å². The summed E-state index contributed by atoms with van der Waals surface area (Å²) in [4.78, 5) is 28.3. The van der Waals surface area contributed by atoms with Gasteiger partial charge < -0.3 is 26.4 Å². The first-order valence-electron chi connectivity index (χ1n) is 10.7. The molecule has 2 aromatic rings. The molecule has 2 amide bonds. The number of nitrogens with one attached hydrogen (secondary N) is 3. The van der Waals surface area contributed by atoms with Crippen LogP contribution in [-0.4, -0.2) is 34.7 Å². The Hall–Kier alpha value is -3.43. The molecule has 0 unspecified atom stereocenters. The number of benzene rings is 1. The third-order valence-electron chi connectivity index (χ3n) is 5.06. The minimum Gasteiger partial charge on any atom is -0.444 e. The molecule has 1 fully saturated rings. The zero-order valence-electron chi connectivity index (χ0n) is 19.0. The highest BCUT2D eigenvalue weighted by atomic mass is 19.1. The maximum absolute atomic E-state index is 14.9. The third kappa shape index (κ3) is 6.77. The van der Waals surface area contributed by atoms with Crippen molar-refractivity contribution < 1.29 is 23.1 Å². The number of pyridine rings is 1. The number of halogens is 2. The first-order valence-corrected chi connectivity index (χ1v) is 10.7. The fourth-order valence-electron chi connectivity index (χ4n) is 3.39. The number of hydrogen-bond acceptors (Lipinski definition) is 6. The van der Waals surface area contributed by atoms with E-state index >= 15 is 0 Å². The maximum Gasteiger partial charge on any atom is 0.407 e. The average molecular weight is 462 g/mol. The number of aromatic nitrogens is 1. The fraction of sp³-hybridized carbons (Fsp3) is 0.435. The smallest absolute Gasteiger partial charge is 0.407 e. The van der Waals surface area contributed by atoms with Crippen LogP contribution >= 0.6 is 0 Å². The summed E-state index contributed by atoms with van der Waals surface area (Å²) in [7, 11) is 0. The second kappa shape index (κ2) is 9.60. The van der Waals surface area contributed by atoms with Crippen LogP contribution in [0.2, 0.25) is 0 Å². The summed E-state index contributed by atoms with van der Waals surface area (Å²) in [5, 5.41) is 8.74. The third-order valence-corrected chi connectivity index (χ3v) is 5.06. The molecule has 0 aliphatic heterocycles. The Labute approximate surface area is 191 Å². The summed E-state index contributed by atoms with van der Waals surface area (Å²) >= 11 is 0. The van der Waals surface area contributed by atoms with Crippen LogP contribution in [0.25, 0.3) is 0 Å². The van der Waals surface area contributed by atoms with E-state index in [4.69, 9.17) is 10.5 Å². The molecule has 2 atom stereocenters. The Morgan fingerprint density at radius 1 is 1.15 bits per heavy atom. The van der Waals surface area contributed by atoms with Crippen LogP contribution in [0.1, 0.15) is 50.9 Å². The molecule has 0 bridgehead atoms. The predicted octanol–water partition coefficient (Wildman–Crippen LogP) is 4.31. The van der Waals surface area contributed by atoms with E-state index in [1.54, 1.807) is 27.7 Å². The van der Waals surface area contributed by atoms with E-state index in [9.17, 15) is 18.4 Å². The van der Waals surface area contributed by atoms with Crippen molar-refractivity contribution in [1.82, 2.24) is 10.3 Å². The number of primary amides is 1. The van der Waals surface area contributed by atoms with Crippen LogP contribution in [0.4, 0.5) is 30.9 Å². The highest BCUT2D eigenvalue weighted by Gasteiger charge is 2.37. The molecule has 0 radical (unpaired) electrons. The zero-order valence-corrected chi connectivity index (χ0v) is 19.0. The van der Waals surface area contributed by atoms with Gasteiger partial charge in [-0.3, -0.25) is 4.79 Å². The number of nitrogens with two attached hydrogens (primary N) is 1. The highest BCUT2D eigenvalue weighted by molar-refractivity contribution is 5.98.